The van der Waals surface area contributed by atoms with Crippen molar-refractivity contribution >= 4 is 9.84 Å². The number of sulfone groups is 1. The van der Waals surface area contributed by atoms with E-state index in [-0.39, 0.29) is 12.0 Å². The number of benzene rings is 1. The van der Waals surface area contributed by atoms with Crippen LogP contribution in [0.25, 0.3) is 0 Å². The fourth-order valence-electron chi connectivity index (χ4n) is 2.10. The second-order valence-corrected chi connectivity index (χ2v) is 8.13. The monoisotopic (exact) mass is 313 g/mol. The number of aliphatic hydroxyl groups is 1. The summed E-state index contributed by atoms with van der Waals surface area (Å²) in [5.74, 6) is 0.213. The van der Waals surface area contributed by atoms with Crippen molar-refractivity contribution in [1.82, 2.24) is 5.32 Å². The van der Waals surface area contributed by atoms with E-state index in [1.54, 1.807) is 12.1 Å². The minimum absolute atomic E-state index is 0.0501. The van der Waals surface area contributed by atoms with Gasteiger partial charge in [-0.15, -0.1) is 0 Å². The molecule has 1 aromatic carbocycles. The second kappa shape index (κ2) is 6.90. The van der Waals surface area contributed by atoms with Crippen LogP contribution in [0.3, 0.4) is 0 Å². The minimum atomic E-state index is -3.16. The fraction of sp³-hybridized carbons (Fsp3) is 0.625. The predicted octanol–water partition coefficient (Wildman–Crippen LogP) is 2.54. The molecule has 120 valence electrons. The van der Waals surface area contributed by atoms with E-state index >= 15 is 0 Å². The molecule has 0 radical (unpaired) electrons. The maximum absolute atomic E-state index is 11.4. The first-order valence-corrected chi connectivity index (χ1v) is 9.23. The average Bonchev–Trinajstić information content (AvgIpc) is 2.43. The van der Waals surface area contributed by atoms with Crippen molar-refractivity contribution in [2.24, 2.45) is 5.92 Å². The molecule has 4 nitrogen and oxygen atoms in total. The zero-order valence-corrected chi connectivity index (χ0v) is 14.4. The van der Waals surface area contributed by atoms with Crippen molar-refractivity contribution in [3.05, 3.63) is 29.8 Å². The van der Waals surface area contributed by atoms with Crippen LogP contribution in [0.1, 0.15) is 45.7 Å². The summed E-state index contributed by atoms with van der Waals surface area (Å²) in [5, 5.41) is 13.7. The zero-order chi connectivity index (χ0) is 16.3. The van der Waals surface area contributed by atoms with Gasteiger partial charge < -0.3 is 10.4 Å². The fourth-order valence-corrected chi connectivity index (χ4v) is 2.73. The van der Waals surface area contributed by atoms with E-state index in [1.165, 1.54) is 6.26 Å². The molecule has 1 rings (SSSR count). The highest BCUT2D eigenvalue weighted by Gasteiger charge is 2.27. The molecule has 0 aliphatic rings. The highest BCUT2D eigenvalue weighted by atomic mass is 32.2. The summed E-state index contributed by atoms with van der Waals surface area (Å²) < 4.78 is 22.9. The van der Waals surface area contributed by atoms with Gasteiger partial charge in [0.1, 0.15) is 0 Å². The number of rotatable bonds is 7. The molecule has 0 spiro atoms. The predicted molar refractivity (Wildman–Crippen MR) is 86.0 cm³/mol. The Kier molecular flexibility index (Phi) is 5.96. The van der Waals surface area contributed by atoms with Crippen LogP contribution < -0.4 is 5.32 Å². The van der Waals surface area contributed by atoms with E-state index in [0.29, 0.717) is 11.4 Å². The van der Waals surface area contributed by atoms with E-state index in [0.717, 1.165) is 12.0 Å². The lowest BCUT2D eigenvalue weighted by Gasteiger charge is -2.31. The molecule has 3 unspecified atom stereocenters. The SMILES string of the molecule is CCC(C)C(C)(O)CNC(C)c1ccc(S(C)(=O)=O)cc1. The molecule has 0 aromatic heterocycles. The molecular weight excluding hydrogens is 286 g/mol. The molecule has 21 heavy (non-hydrogen) atoms. The Bertz CT molecular complexity index is 549. The highest BCUT2D eigenvalue weighted by molar-refractivity contribution is 7.90. The standard InChI is InChI=1S/C16H27NO3S/c1-6-12(2)16(4,18)11-17-13(3)14-7-9-15(10-8-14)21(5,19)20/h7-10,12-13,17-18H,6,11H2,1-5H3. The van der Waals surface area contributed by atoms with Gasteiger partial charge in [-0.25, -0.2) is 8.42 Å². The molecule has 3 atom stereocenters. The van der Waals surface area contributed by atoms with Gasteiger partial charge in [0.05, 0.1) is 10.5 Å². The lowest BCUT2D eigenvalue weighted by atomic mass is 9.88. The van der Waals surface area contributed by atoms with Gasteiger partial charge in [0.25, 0.3) is 0 Å². The molecule has 0 heterocycles. The van der Waals surface area contributed by atoms with Crippen LogP contribution >= 0.6 is 0 Å². The molecule has 5 heteroatoms. The average molecular weight is 313 g/mol. The molecule has 0 fully saturated rings. The third-order valence-corrected chi connectivity index (χ3v) is 5.38. The summed E-state index contributed by atoms with van der Waals surface area (Å²) >= 11 is 0. The van der Waals surface area contributed by atoms with Crippen LogP contribution in [0.2, 0.25) is 0 Å². The molecule has 2 N–H and O–H groups in total. The summed E-state index contributed by atoms with van der Waals surface area (Å²) in [6.45, 7) is 8.44. The first kappa shape index (κ1) is 18.1. The van der Waals surface area contributed by atoms with Gasteiger partial charge in [-0.1, -0.05) is 32.4 Å². The Morgan fingerprint density at radius 3 is 2.19 bits per heavy atom. The maximum atomic E-state index is 11.4. The van der Waals surface area contributed by atoms with Gasteiger partial charge >= 0.3 is 0 Å². The molecule has 1 aromatic rings. The lowest BCUT2D eigenvalue weighted by molar-refractivity contribution is 0.00365. The van der Waals surface area contributed by atoms with Crippen molar-refractivity contribution < 1.29 is 13.5 Å². The van der Waals surface area contributed by atoms with Crippen molar-refractivity contribution in [2.45, 2.75) is 50.7 Å². The van der Waals surface area contributed by atoms with Gasteiger partial charge in [0.2, 0.25) is 0 Å². The van der Waals surface area contributed by atoms with Crippen molar-refractivity contribution in [3.63, 3.8) is 0 Å². The smallest absolute Gasteiger partial charge is 0.175 e. The van der Waals surface area contributed by atoms with Crippen LogP contribution in [0.15, 0.2) is 29.2 Å². The largest absolute Gasteiger partial charge is 0.389 e. The highest BCUT2D eigenvalue weighted by Crippen LogP contribution is 2.21. The number of nitrogens with one attached hydrogen (secondary N) is 1. The molecule has 0 saturated carbocycles. The Labute approximate surface area is 128 Å². The lowest BCUT2D eigenvalue weighted by Crippen LogP contribution is -2.43. The van der Waals surface area contributed by atoms with Gasteiger partial charge in [0.15, 0.2) is 9.84 Å². The zero-order valence-electron chi connectivity index (χ0n) is 13.6. The molecule has 0 aliphatic heterocycles. The molecular formula is C16H27NO3S. The molecule has 0 aliphatic carbocycles. The van der Waals surface area contributed by atoms with Crippen LogP contribution in [0, 0.1) is 5.92 Å². The Morgan fingerprint density at radius 2 is 1.76 bits per heavy atom. The van der Waals surface area contributed by atoms with Crippen molar-refractivity contribution in [3.8, 4) is 0 Å². The first-order valence-electron chi connectivity index (χ1n) is 7.33. The normalized spacial score (nSPS) is 18.0. The van der Waals surface area contributed by atoms with E-state index < -0.39 is 15.4 Å². The van der Waals surface area contributed by atoms with Crippen LogP contribution in [0.5, 0.6) is 0 Å². The van der Waals surface area contributed by atoms with Gasteiger partial charge in [-0.2, -0.15) is 0 Å². The van der Waals surface area contributed by atoms with E-state index in [2.05, 4.69) is 12.2 Å². The third kappa shape index (κ3) is 5.09. The van der Waals surface area contributed by atoms with E-state index in [1.807, 2.05) is 32.9 Å². The molecule has 0 bridgehead atoms. The van der Waals surface area contributed by atoms with E-state index in [9.17, 15) is 13.5 Å². The summed E-state index contributed by atoms with van der Waals surface area (Å²) in [6.07, 6.45) is 2.12. The van der Waals surface area contributed by atoms with Crippen molar-refractivity contribution in [2.75, 3.05) is 12.8 Å². The van der Waals surface area contributed by atoms with Gasteiger partial charge in [-0.3, -0.25) is 0 Å². The Morgan fingerprint density at radius 1 is 1.24 bits per heavy atom. The van der Waals surface area contributed by atoms with Crippen LogP contribution in [-0.2, 0) is 9.84 Å². The summed E-state index contributed by atoms with van der Waals surface area (Å²) in [5.41, 5.74) is 0.248. The first-order chi connectivity index (χ1) is 9.58. The topological polar surface area (TPSA) is 66.4 Å². The number of hydrogen-bond donors (Lipinski definition) is 2. The molecule has 0 amide bonds. The summed E-state index contributed by atoms with van der Waals surface area (Å²) in [6, 6.07) is 6.91. The Hall–Kier alpha value is -0.910. The Balaban J connectivity index is 2.70. The molecule has 0 saturated heterocycles. The van der Waals surface area contributed by atoms with Gasteiger partial charge in [-0.05, 0) is 37.5 Å². The second-order valence-electron chi connectivity index (χ2n) is 6.11. The quantitative estimate of drug-likeness (QED) is 0.812. The van der Waals surface area contributed by atoms with Crippen LogP contribution in [-0.4, -0.2) is 31.9 Å². The maximum Gasteiger partial charge on any atom is 0.175 e. The van der Waals surface area contributed by atoms with E-state index in [4.69, 9.17) is 0 Å². The minimum Gasteiger partial charge on any atom is -0.389 e. The summed E-state index contributed by atoms with van der Waals surface area (Å²) in [7, 11) is -3.16. The summed E-state index contributed by atoms with van der Waals surface area (Å²) in [4.78, 5) is 0.324. The number of hydrogen-bond acceptors (Lipinski definition) is 4. The van der Waals surface area contributed by atoms with Crippen LogP contribution in [0.4, 0.5) is 0 Å². The van der Waals surface area contributed by atoms with Gasteiger partial charge in [0, 0.05) is 18.8 Å². The third-order valence-electron chi connectivity index (χ3n) is 4.25. The van der Waals surface area contributed by atoms with Crippen molar-refractivity contribution in [1.29, 1.82) is 0 Å².